The van der Waals surface area contributed by atoms with Crippen molar-refractivity contribution >= 4 is 0 Å². The minimum Gasteiger partial charge on any atom is -0.115 e. The zero-order chi connectivity index (χ0) is 22.7. The van der Waals surface area contributed by atoms with Gasteiger partial charge in [0.25, 0.3) is 0 Å². The van der Waals surface area contributed by atoms with E-state index in [4.69, 9.17) is 25.7 Å². The molecule has 0 nitrogen and oxygen atoms in total. The first-order valence-corrected chi connectivity index (χ1v) is 10.6. The smallest absolute Gasteiger partial charge is 0.0727 e. The van der Waals surface area contributed by atoms with Gasteiger partial charge in [0, 0.05) is 22.3 Å². The number of fused-ring (bicyclic) bond motifs is 10. The number of hydrogen-bond donors (Lipinski definition) is 0. The van der Waals surface area contributed by atoms with Gasteiger partial charge in [-0.25, -0.2) is 0 Å². The molecule has 0 heterocycles. The zero-order valence-corrected chi connectivity index (χ0v) is 17.7. The first-order chi connectivity index (χ1) is 16.1. The highest BCUT2D eigenvalue weighted by Crippen LogP contribution is 2.63. The molecule has 0 bridgehead atoms. The van der Waals surface area contributed by atoms with Gasteiger partial charge < -0.3 is 0 Å². The van der Waals surface area contributed by atoms with Crippen molar-refractivity contribution in [2.45, 2.75) is 5.41 Å². The van der Waals surface area contributed by atoms with Crippen LogP contribution >= 0.6 is 0 Å². The van der Waals surface area contributed by atoms with Crippen LogP contribution in [0.5, 0.6) is 0 Å². The molecular formula is C33H16. The zero-order valence-electron chi connectivity index (χ0n) is 17.7. The van der Waals surface area contributed by atoms with Crippen LogP contribution < -0.4 is 0 Å². The number of terminal acetylenes is 4. The summed E-state index contributed by atoms with van der Waals surface area (Å²) in [6.45, 7) is 0. The van der Waals surface area contributed by atoms with E-state index in [2.05, 4.69) is 72.2 Å². The van der Waals surface area contributed by atoms with Crippen molar-refractivity contribution in [3.05, 3.63) is 117 Å². The lowest BCUT2D eigenvalue weighted by molar-refractivity contribution is 0.792. The van der Waals surface area contributed by atoms with Crippen LogP contribution in [0.3, 0.4) is 0 Å². The van der Waals surface area contributed by atoms with E-state index >= 15 is 0 Å². The van der Waals surface area contributed by atoms with E-state index in [0.29, 0.717) is 0 Å². The summed E-state index contributed by atoms with van der Waals surface area (Å²) < 4.78 is 0. The first-order valence-electron chi connectivity index (χ1n) is 10.6. The predicted molar refractivity (Wildman–Crippen MR) is 134 cm³/mol. The van der Waals surface area contributed by atoms with Crippen LogP contribution in [0, 0.1) is 49.4 Å². The summed E-state index contributed by atoms with van der Waals surface area (Å²) in [6.07, 6.45) is 23.3. The van der Waals surface area contributed by atoms with Crippen LogP contribution in [0.15, 0.2) is 72.8 Å². The Bertz CT molecular complexity index is 1440. The van der Waals surface area contributed by atoms with Gasteiger partial charge in [0.2, 0.25) is 0 Å². The van der Waals surface area contributed by atoms with E-state index < -0.39 is 5.41 Å². The molecular weight excluding hydrogens is 396 g/mol. The molecule has 0 fully saturated rings. The second kappa shape index (κ2) is 6.56. The van der Waals surface area contributed by atoms with Gasteiger partial charge in [-0.05, 0) is 93.0 Å². The molecule has 0 atom stereocenters. The molecule has 1 spiro atoms. The molecule has 2 aliphatic carbocycles. The van der Waals surface area contributed by atoms with E-state index in [-0.39, 0.29) is 0 Å². The second-order valence-electron chi connectivity index (χ2n) is 8.37. The summed E-state index contributed by atoms with van der Waals surface area (Å²) in [5.74, 6) is 11.2. The fourth-order valence-electron chi connectivity index (χ4n) is 5.59. The first kappa shape index (κ1) is 18.9. The van der Waals surface area contributed by atoms with Crippen molar-refractivity contribution in [1.82, 2.24) is 0 Å². The van der Waals surface area contributed by atoms with Gasteiger partial charge in [-0.15, -0.1) is 25.7 Å². The third-order valence-electron chi connectivity index (χ3n) is 6.94. The summed E-state index contributed by atoms with van der Waals surface area (Å²) in [6, 6.07) is 24.9. The second-order valence-corrected chi connectivity index (χ2v) is 8.37. The highest BCUT2D eigenvalue weighted by molar-refractivity contribution is 5.96. The fourth-order valence-corrected chi connectivity index (χ4v) is 5.59. The molecule has 4 aromatic carbocycles. The topological polar surface area (TPSA) is 0 Å². The van der Waals surface area contributed by atoms with Crippen molar-refractivity contribution < 1.29 is 0 Å². The molecule has 0 unspecified atom stereocenters. The number of hydrogen-bond acceptors (Lipinski definition) is 0. The third kappa shape index (κ3) is 2.25. The maximum atomic E-state index is 5.83. The van der Waals surface area contributed by atoms with E-state index in [1.54, 1.807) is 0 Å². The van der Waals surface area contributed by atoms with E-state index in [1.807, 2.05) is 24.3 Å². The largest absolute Gasteiger partial charge is 0.115 e. The predicted octanol–water partition coefficient (Wildman–Crippen LogP) is 5.96. The van der Waals surface area contributed by atoms with Crippen molar-refractivity contribution in [1.29, 1.82) is 0 Å². The van der Waals surface area contributed by atoms with Crippen molar-refractivity contribution in [3.63, 3.8) is 0 Å². The summed E-state index contributed by atoms with van der Waals surface area (Å²) in [7, 11) is 0. The van der Waals surface area contributed by atoms with Crippen LogP contribution in [0.25, 0.3) is 22.3 Å². The van der Waals surface area contributed by atoms with Gasteiger partial charge in [-0.3, -0.25) is 0 Å². The average molecular weight is 412 g/mol. The quantitative estimate of drug-likeness (QED) is 0.270. The third-order valence-corrected chi connectivity index (χ3v) is 6.94. The van der Waals surface area contributed by atoms with E-state index in [9.17, 15) is 0 Å². The Morgan fingerprint density at radius 3 is 0.848 bits per heavy atom. The molecule has 0 amide bonds. The van der Waals surface area contributed by atoms with Crippen molar-refractivity contribution in [3.8, 4) is 71.6 Å². The lowest BCUT2D eigenvalue weighted by Crippen LogP contribution is -2.26. The molecule has 0 saturated heterocycles. The SMILES string of the molecule is C#Cc1ccc2c(c1)C1(c3cc(C#C)ccc3-2)c2cc(C#C)ccc2-c2ccc(C#C)cc21. The minimum absolute atomic E-state index is 0.602. The normalized spacial score (nSPS) is 13.0. The van der Waals surface area contributed by atoms with Gasteiger partial charge in [0.1, 0.15) is 0 Å². The summed E-state index contributed by atoms with van der Waals surface area (Å²) in [5, 5.41) is 0. The molecule has 148 valence electrons. The van der Waals surface area contributed by atoms with Gasteiger partial charge >= 0.3 is 0 Å². The van der Waals surface area contributed by atoms with Gasteiger partial charge in [0.05, 0.1) is 5.41 Å². The number of rotatable bonds is 0. The molecule has 0 heteroatoms. The van der Waals surface area contributed by atoms with Crippen LogP contribution in [0.1, 0.15) is 44.5 Å². The lowest BCUT2D eigenvalue weighted by Gasteiger charge is -2.31. The van der Waals surface area contributed by atoms with Crippen LogP contribution in [0.4, 0.5) is 0 Å². The molecule has 0 N–H and O–H groups in total. The monoisotopic (exact) mass is 412 g/mol. The lowest BCUT2D eigenvalue weighted by atomic mass is 9.69. The standard InChI is InChI=1S/C33H16/c1-5-21-9-13-25-26-14-10-22(6-2)18-30(26)33(29(25)17-21)31-19-23(7-3)11-15-27(31)28-16-12-24(8-4)20-32(28)33/h1-4,9-20H. The summed E-state index contributed by atoms with van der Waals surface area (Å²) >= 11 is 0. The maximum absolute atomic E-state index is 5.83. The van der Waals surface area contributed by atoms with Crippen molar-refractivity contribution in [2.75, 3.05) is 0 Å². The Morgan fingerprint density at radius 1 is 0.394 bits per heavy atom. The Morgan fingerprint density at radius 2 is 0.636 bits per heavy atom. The molecule has 0 radical (unpaired) electrons. The van der Waals surface area contributed by atoms with Gasteiger partial charge in [0.15, 0.2) is 0 Å². The van der Waals surface area contributed by atoms with Gasteiger partial charge in [-0.2, -0.15) is 0 Å². The Hall–Kier alpha value is -4.88. The van der Waals surface area contributed by atoms with E-state index in [1.165, 1.54) is 0 Å². The number of benzene rings is 4. The van der Waals surface area contributed by atoms with Gasteiger partial charge in [-0.1, -0.05) is 47.9 Å². The van der Waals surface area contributed by atoms with E-state index in [0.717, 1.165) is 66.8 Å². The van der Waals surface area contributed by atoms with Crippen LogP contribution in [-0.4, -0.2) is 0 Å². The highest BCUT2D eigenvalue weighted by atomic mass is 14.5. The van der Waals surface area contributed by atoms with Crippen molar-refractivity contribution in [2.24, 2.45) is 0 Å². The Balaban J connectivity index is 1.88. The maximum Gasteiger partial charge on any atom is 0.0727 e. The molecule has 0 aliphatic heterocycles. The molecule has 6 rings (SSSR count). The minimum atomic E-state index is -0.602. The fraction of sp³-hybridized carbons (Fsp3) is 0.0303. The molecule has 0 saturated carbocycles. The Labute approximate surface area is 194 Å². The summed E-state index contributed by atoms with van der Waals surface area (Å²) in [4.78, 5) is 0. The van der Waals surface area contributed by atoms with Crippen LogP contribution in [0.2, 0.25) is 0 Å². The average Bonchev–Trinajstić information content (AvgIpc) is 3.33. The molecule has 33 heavy (non-hydrogen) atoms. The molecule has 2 aliphatic rings. The van der Waals surface area contributed by atoms with Crippen LogP contribution in [-0.2, 0) is 5.41 Å². The summed E-state index contributed by atoms with van der Waals surface area (Å²) in [5.41, 5.74) is 11.8. The molecule has 4 aromatic rings. The Kier molecular flexibility index (Phi) is 3.75. The highest BCUT2D eigenvalue weighted by Gasteiger charge is 2.52. The molecule has 0 aromatic heterocycles.